The Kier molecular flexibility index (Phi) is 6.71. The van der Waals surface area contributed by atoms with Gasteiger partial charge in [-0.25, -0.2) is 13.2 Å². The lowest BCUT2D eigenvalue weighted by molar-refractivity contribution is -0.125. The van der Waals surface area contributed by atoms with Crippen molar-refractivity contribution in [2.45, 2.75) is 37.1 Å². The van der Waals surface area contributed by atoms with Crippen LogP contribution < -0.4 is 5.32 Å². The van der Waals surface area contributed by atoms with Gasteiger partial charge >= 0.3 is 5.97 Å². The lowest BCUT2D eigenvalue weighted by atomic mass is 10.2. The minimum Gasteiger partial charge on any atom is -0.467 e. The monoisotopic (exact) mass is 420 g/mol. The van der Waals surface area contributed by atoms with Gasteiger partial charge in [-0.1, -0.05) is 6.42 Å². The molecule has 2 aromatic rings. The van der Waals surface area contributed by atoms with Gasteiger partial charge in [0, 0.05) is 13.1 Å². The van der Waals surface area contributed by atoms with Crippen molar-refractivity contribution in [2.75, 3.05) is 19.7 Å². The van der Waals surface area contributed by atoms with E-state index in [9.17, 15) is 18.0 Å². The number of carbonyl (C=O) groups is 2. The largest absolute Gasteiger partial charge is 0.467 e. The summed E-state index contributed by atoms with van der Waals surface area (Å²) in [6, 6.07) is 8.66. The molecule has 3 rings (SSSR count). The third kappa shape index (κ3) is 5.24. The van der Waals surface area contributed by atoms with Crippen molar-refractivity contribution in [3.05, 3.63) is 54.0 Å². The molecule has 0 bridgehead atoms. The van der Waals surface area contributed by atoms with E-state index < -0.39 is 28.5 Å². The van der Waals surface area contributed by atoms with E-state index in [2.05, 4.69) is 5.32 Å². The molecule has 0 spiro atoms. The molecule has 156 valence electrons. The van der Waals surface area contributed by atoms with Crippen molar-refractivity contribution in [2.24, 2.45) is 0 Å². The van der Waals surface area contributed by atoms with E-state index in [0.29, 0.717) is 18.8 Å². The molecule has 1 aromatic heterocycles. The zero-order valence-corrected chi connectivity index (χ0v) is 17.0. The minimum atomic E-state index is -3.56. The summed E-state index contributed by atoms with van der Waals surface area (Å²) in [4.78, 5) is 24.2. The molecule has 1 aliphatic heterocycles. The van der Waals surface area contributed by atoms with Crippen LogP contribution in [-0.2, 0) is 19.6 Å². The molecule has 1 N–H and O–H groups in total. The molecule has 1 aromatic carbocycles. The normalized spacial score (nSPS) is 16.2. The van der Waals surface area contributed by atoms with Crippen molar-refractivity contribution < 1.29 is 27.2 Å². The van der Waals surface area contributed by atoms with Crippen LogP contribution in [0.5, 0.6) is 0 Å². The molecule has 1 amide bonds. The molecule has 1 saturated heterocycles. The predicted molar refractivity (Wildman–Crippen MR) is 105 cm³/mol. The maximum Gasteiger partial charge on any atom is 0.338 e. The van der Waals surface area contributed by atoms with Gasteiger partial charge < -0.3 is 14.5 Å². The van der Waals surface area contributed by atoms with Gasteiger partial charge in [-0.2, -0.15) is 4.31 Å². The van der Waals surface area contributed by atoms with Gasteiger partial charge in [0.05, 0.1) is 22.8 Å². The molecular formula is C20H24N2O6S. The molecule has 1 atom stereocenters. The van der Waals surface area contributed by atoms with Gasteiger partial charge in [0.25, 0.3) is 5.91 Å². The van der Waals surface area contributed by atoms with E-state index in [-0.39, 0.29) is 16.5 Å². The van der Waals surface area contributed by atoms with Crippen LogP contribution in [0.25, 0.3) is 0 Å². The summed E-state index contributed by atoms with van der Waals surface area (Å²) in [6.07, 6.45) is 4.24. The molecule has 2 heterocycles. The molecule has 9 heteroatoms. The van der Waals surface area contributed by atoms with E-state index >= 15 is 0 Å². The lowest BCUT2D eigenvalue weighted by Gasteiger charge is -2.25. The summed E-state index contributed by atoms with van der Waals surface area (Å²) in [5, 5.41) is 2.66. The third-order valence-electron chi connectivity index (χ3n) is 4.72. The molecule has 0 radical (unpaired) electrons. The van der Waals surface area contributed by atoms with Crippen LogP contribution in [0.1, 0.15) is 48.3 Å². The number of ether oxygens (including phenoxy) is 1. The first-order chi connectivity index (χ1) is 13.9. The zero-order chi connectivity index (χ0) is 20.9. The number of nitrogens with zero attached hydrogens (tertiary/aromatic N) is 1. The first-order valence-corrected chi connectivity index (χ1v) is 10.9. The van der Waals surface area contributed by atoms with Crippen LogP contribution in [0.2, 0.25) is 0 Å². The number of hydrogen-bond acceptors (Lipinski definition) is 6. The molecule has 0 saturated carbocycles. The van der Waals surface area contributed by atoms with Crippen LogP contribution in [0.3, 0.4) is 0 Å². The number of nitrogens with one attached hydrogen (secondary N) is 1. The zero-order valence-electron chi connectivity index (χ0n) is 16.2. The number of piperidine rings is 1. The second kappa shape index (κ2) is 9.23. The number of sulfonamides is 1. The smallest absolute Gasteiger partial charge is 0.338 e. The third-order valence-corrected chi connectivity index (χ3v) is 6.64. The van der Waals surface area contributed by atoms with Crippen molar-refractivity contribution in [3.63, 3.8) is 0 Å². The van der Waals surface area contributed by atoms with Crippen LogP contribution >= 0.6 is 0 Å². The highest BCUT2D eigenvalue weighted by molar-refractivity contribution is 7.89. The fraction of sp³-hybridized carbons (Fsp3) is 0.400. The van der Waals surface area contributed by atoms with Gasteiger partial charge in [-0.3, -0.25) is 4.79 Å². The average Bonchev–Trinajstić information content (AvgIpc) is 3.28. The van der Waals surface area contributed by atoms with Crippen LogP contribution in [0.15, 0.2) is 52.0 Å². The van der Waals surface area contributed by atoms with Gasteiger partial charge in [-0.05, 0) is 56.2 Å². The first kappa shape index (κ1) is 21.1. The number of benzene rings is 1. The molecule has 29 heavy (non-hydrogen) atoms. The van der Waals surface area contributed by atoms with E-state index in [1.807, 2.05) is 0 Å². The summed E-state index contributed by atoms with van der Waals surface area (Å²) < 4.78 is 36.9. The molecule has 8 nitrogen and oxygen atoms in total. The summed E-state index contributed by atoms with van der Waals surface area (Å²) in [5.74, 6) is -0.575. The minimum absolute atomic E-state index is 0.140. The second-order valence-corrected chi connectivity index (χ2v) is 8.81. The Morgan fingerprint density at radius 3 is 2.45 bits per heavy atom. The Morgan fingerprint density at radius 1 is 1.14 bits per heavy atom. The summed E-state index contributed by atoms with van der Waals surface area (Å²) in [7, 11) is -3.56. The van der Waals surface area contributed by atoms with Crippen LogP contribution in [0, 0.1) is 0 Å². The van der Waals surface area contributed by atoms with Crippen molar-refractivity contribution >= 4 is 21.9 Å². The van der Waals surface area contributed by atoms with E-state index in [0.717, 1.165) is 19.3 Å². The SMILES string of the molecule is C[C@H](NC(=O)COC(=O)c1ccc(S(=O)(=O)N2CCCCC2)cc1)c1ccco1. The molecule has 1 fully saturated rings. The highest BCUT2D eigenvalue weighted by atomic mass is 32.2. The average molecular weight is 420 g/mol. The fourth-order valence-electron chi connectivity index (χ4n) is 3.12. The molecule has 1 aliphatic rings. The maximum atomic E-state index is 12.6. The second-order valence-electron chi connectivity index (χ2n) is 6.87. The lowest BCUT2D eigenvalue weighted by Crippen LogP contribution is -2.35. The number of amides is 1. The molecule has 0 unspecified atom stereocenters. The molecule has 0 aliphatic carbocycles. The topological polar surface area (TPSA) is 106 Å². The van der Waals surface area contributed by atoms with E-state index in [1.54, 1.807) is 19.1 Å². The van der Waals surface area contributed by atoms with Crippen molar-refractivity contribution in [1.82, 2.24) is 9.62 Å². The Morgan fingerprint density at radius 2 is 1.83 bits per heavy atom. The number of hydrogen-bond donors (Lipinski definition) is 1. The van der Waals surface area contributed by atoms with Crippen LogP contribution in [0.4, 0.5) is 0 Å². The summed E-state index contributed by atoms with van der Waals surface area (Å²) in [6.45, 7) is 2.33. The highest BCUT2D eigenvalue weighted by Gasteiger charge is 2.26. The van der Waals surface area contributed by atoms with Gasteiger partial charge in [-0.15, -0.1) is 0 Å². The summed E-state index contributed by atoms with van der Waals surface area (Å²) >= 11 is 0. The highest BCUT2D eigenvalue weighted by Crippen LogP contribution is 2.21. The predicted octanol–water partition coefficient (Wildman–Crippen LogP) is 2.49. The van der Waals surface area contributed by atoms with Gasteiger partial charge in [0.15, 0.2) is 6.61 Å². The van der Waals surface area contributed by atoms with Crippen molar-refractivity contribution in [1.29, 1.82) is 0 Å². The quantitative estimate of drug-likeness (QED) is 0.690. The maximum absolute atomic E-state index is 12.6. The Balaban J connectivity index is 1.54. The van der Waals surface area contributed by atoms with E-state index in [4.69, 9.17) is 9.15 Å². The van der Waals surface area contributed by atoms with Gasteiger partial charge in [0.2, 0.25) is 10.0 Å². The standard InChI is InChI=1S/C20H24N2O6S/c1-15(18-6-5-13-27-18)21-19(23)14-28-20(24)16-7-9-17(10-8-16)29(25,26)22-11-3-2-4-12-22/h5-10,13,15H,2-4,11-12,14H2,1H3,(H,21,23)/t15-/m0/s1. The van der Waals surface area contributed by atoms with E-state index in [1.165, 1.54) is 34.8 Å². The molecular weight excluding hydrogens is 396 g/mol. The Bertz CT molecular complexity index is 932. The fourth-order valence-corrected chi connectivity index (χ4v) is 4.64. The first-order valence-electron chi connectivity index (χ1n) is 9.48. The summed E-state index contributed by atoms with van der Waals surface area (Å²) in [5.41, 5.74) is 0.175. The van der Waals surface area contributed by atoms with Crippen LogP contribution in [-0.4, -0.2) is 44.3 Å². The number of esters is 1. The number of rotatable bonds is 7. The number of furan rings is 1. The number of carbonyl (C=O) groups excluding carboxylic acids is 2. The Labute approximate surface area is 169 Å². The Hall–Kier alpha value is -2.65. The van der Waals surface area contributed by atoms with Crippen molar-refractivity contribution in [3.8, 4) is 0 Å². The van der Waals surface area contributed by atoms with Gasteiger partial charge in [0.1, 0.15) is 5.76 Å².